The molecule has 8 heteroatoms. The van der Waals surface area contributed by atoms with Crippen molar-refractivity contribution in [3.63, 3.8) is 0 Å². The molecule has 8 nitrogen and oxygen atoms in total. The number of carbonyl (C=O) groups is 2. The smallest absolute Gasteiger partial charge is 0.336 e. The zero-order chi connectivity index (χ0) is 25.3. The number of allylic oxidation sites excluding steroid dienone is 3. The lowest BCUT2D eigenvalue weighted by Gasteiger charge is -2.34. The molecule has 4 rings (SSSR count). The van der Waals surface area contributed by atoms with Crippen molar-refractivity contribution in [2.45, 2.75) is 59.8 Å². The van der Waals surface area contributed by atoms with E-state index < -0.39 is 16.9 Å². The standard InChI is InChI=1S/C15H14N2O4.C11H20O2/c1-8-12(15(18)21-3)13(14-9(2)16(8)14)10-5-4-6-11(7-10)17(19)20;1-7(2)9-5-4-8(3)6-10(9)11(12)13/h4-7,13H,1-3H3;7-10H,4-6H2,1-3H3,(H,12,13)/t13-,16?;8-,9+,10-/m01/s1. The van der Waals surface area contributed by atoms with Gasteiger partial charge in [0.2, 0.25) is 0 Å². The highest BCUT2D eigenvalue weighted by atomic mass is 16.6. The molecule has 0 aromatic heterocycles. The molecule has 0 bridgehead atoms. The number of nitro benzene ring substituents is 1. The zero-order valence-electron chi connectivity index (χ0n) is 20.7. The van der Waals surface area contributed by atoms with Crippen molar-refractivity contribution in [3.05, 3.63) is 62.6 Å². The normalized spacial score (nSPS) is 25.6. The van der Waals surface area contributed by atoms with Crippen LogP contribution >= 0.6 is 0 Å². The number of carboxylic acid groups (broad SMARTS) is 1. The Morgan fingerprint density at radius 3 is 2.44 bits per heavy atom. The Balaban J connectivity index is 0.000000215. The number of esters is 1. The van der Waals surface area contributed by atoms with Gasteiger partial charge in [0, 0.05) is 23.5 Å². The van der Waals surface area contributed by atoms with Crippen LogP contribution in [-0.2, 0) is 14.3 Å². The summed E-state index contributed by atoms with van der Waals surface area (Å²) in [5.41, 5.74) is 4.26. The lowest BCUT2D eigenvalue weighted by atomic mass is 9.70. The molecule has 34 heavy (non-hydrogen) atoms. The molecule has 0 unspecified atom stereocenters. The number of ether oxygens (including phenoxy) is 1. The molecule has 1 fully saturated rings. The Bertz CT molecular complexity index is 1060. The van der Waals surface area contributed by atoms with Gasteiger partial charge in [-0.2, -0.15) is 0 Å². The summed E-state index contributed by atoms with van der Waals surface area (Å²) in [6, 6.07) is 6.40. The number of hydrogen-bond donors (Lipinski definition) is 1. The van der Waals surface area contributed by atoms with Crippen LogP contribution < -0.4 is 0 Å². The Morgan fingerprint density at radius 2 is 1.88 bits per heavy atom. The molecule has 0 spiro atoms. The number of methoxy groups -OCH3 is 1. The molecule has 2 aliphatic heterocycles. The molecule has 1 aromatic carbocycles. The van der Waals surface area contributed by atoms with E-state index in [9.17, 15) is 19.7 Å². The van der Waals surface area contributed by atoms with Crippen molar-refractivity contribution in [3.8, 4) is 0 Å². The predicted octanol–water partition coefficient (Wildman–Crippen LogP) is 5.47. The van der Waals surface area contributed by atoms with Crippen LogP contribution in [0.4, 0.5) is 5.69 Å². The van der Waals surface area contributed by atoms with E-state index in [0.717, 1.165) is 35.5 Å². The molecule has 0 amide bonds. The van der Waals surface area contributed by atoms with Crippen LogP contribution in [0.3, 0.4) is 0 Å². The number of nitrogens with zero attached hydrogens (tertiary/aromatic N) is 2. The maximum Gasteiger partial charge on any atom is 0.336 e. The third kappa shape index (κ3) is 4.86. The molecule has 3 aliphatic rings. The van der Waals surface area contributed by atoms with E-state index in [2.05, 4.69) is 20.8 Å². The summed E-state index contributed by atoms with van der Waals surface area (Å²) in [5, 5.41) is 20.0. The molecule has 1 N–H and O–H groups in total. The fourth-order valence-electron chi connectivity index (χ4n) is 5.51. The Morgan fingerprint density at radius 1 is 1.21 bits per heavy atom. The minimum Gasteiger partial charge on any atom is -0.481 e. The summed E-state index contributed by atoms with van der Waals surface area (Å²) in [5.74, 6) is 0.140. The Kier molecular flexibility index (Phi) is 7.48. The molecule has 2 heterocycles. The van der Waals surface area contributed by atoms with Gasteiger partial charge in [-0.1, -0.05) is 39.3 Å². The van der Waals surface area contributed by atoms with Gasteiger partial charge >= 0.3 is 11.9 Å². The van der Waals surface area contributed by atoms with Crippen molar-refractivity contribution in [2.24, 2.45) is 23.7 Å². The van der Waals surface area contributed by atoms with E-state index in [1.54, 1.807) is 12.1 Å². The molecule has 1 aromatic rings. The third-order valence-corrected chi connectivity index (χ3v) is 7.34. The summed E-state index contributed by atoms with van der Waals surface area (Å²) in [6.07, 6.45) is 3.17. The Labute approximate surface area is 200 Å². The second-order valence-corrected chi connectivity index (χ2v) is 9.85. The van der Waals surface area contributed by atoms with Gasteiger partial charge in [0.1, 0.15) is 0 Å². The van der Waals surface area contributed by atoms with Gasteiger partial charge in [-0.3, -0.25) is 14.9 Å². The number of non-ortho nitro benzene ring substituents is 1. The average Bonchev–Trinajstić information content (AvgIpc) is 3.34. The van der Waals surface area contributed by atoms with Gasteiger partial charge in [-0.05, 0) is 50.0 Å². The van der Waals surface area contributed by atoms with Crippen LogP contribution in [0, 0.1) is 33.8 Å². The van der Waals surface area contributed by atoms with Gasteiger partial charge in [-0.15, -0.1) is 0 Å². The molecule has 0 saturated heterocycles. The molecule has 0 radical (unpaired) electrons. The average molecular weight is 471 g/mol. The minimum atomic E-state index is -0.592. The minimum absolute atomic E-state index is 0.0201. The second-order valence-electron chi connectivity index (χ2n) is 9.85. The van der Waals surface area contributed by atoms with E-state index in [1.807, 2.05) is 18.7 Å². The topological polar surface area (TPSA) is 110 Å². The van der Waals surface area contributed by atoms with E-state index >= 15 is 0 Å². The van der Waals surface area contributed by atoms with Crippen molar-refractivity contribution in [1.29, 1.82) is 0 Å². The summed E-state index contributed by atoms with van der Waals surface area (Å²) in [4.78, 5) is 35.6. The number of rotatable bonds is 5. The van der Waals surface area contributed by atoms with Gasteiger partial charge in [0.15, 0.2) is 0 Å². The molecular weight excluding hydrogens is 436 g/mol. The monoisotopic (exact) mass is 470 g/mol. The second kappa shape index (κ2) is 9.99. The molecular formula is C26H34N2O6. The predicted molar refractivity (Wildman–Crippen MR) is 128 cm³/mol. The number of hydrogen-bond acceptors (Lipinski definition) is 6. The number of nitro groups is 1. The van der Waals surface area contributed by atoms with E-state index in [4.69, 9.17) is 9.84 Å². The van der Waals surface area contributed by atoms with Gasteiger partial charge in [0.25, 0.3) is 5.69 Å². The van der Waals surface area contributed by atoms with Crippen LogP contribution in [0.25, 0.3) is 0 Å². The van der Waals surface area contributed by atoms with Crippen LogP contribution in [0.1, 0.15) is 65.4 Å². The van der Waals surface area contributed by atoms with Gasteiger partial charge in [0.05, 0.1) is 35.1 Å². The van der Waals surface area contributed by atoms with Crippen molar-refractivity contribution in [2.75, 3.05) is 7.11 Å². The van der Waals surface area contributed by atoms with Crippen molar-refractivity contribution >= 4 is 17.6 Å². The van der Waals surface area contributed by atoms with E-state index in [0.29, 0.717) is 23.3 Å². The first kappa shape index (κ1) is 25.5. The largest absolute Gasteiger partial charge is 0.481 e. The van der Waals surface area contributed by atoms with Gasteiger partial charge < -0.3 is 14.7 Å². The number of carboxylic acids is 1. The summed E-state index contributed by atoms with van der Waals surface area (Å²) >= 11 is 0. The number of benzene rings is 1. The highest BCUT2D eigenvalue weighted by Gasteiger charge is 2.49. The summed E-state index contributed by atoms with van der Waals surface area (Å²) < 4.78 is 4.86. The lowest BCUT2D eigenvalue weighted by molar-refractivity contribution is -0.384. The van der Waals surface area contributed by atoms with Gasteiger partial charge in [-0.25, -0.2) is 4.79 Å². The fourth-order valence-corrected chi connectivity index (χ4v) is 5.51. The number of fused-ring (bicyclic) bond motifs is 1. The van der Waals surface area contributed by atoms with E-state index in [1.165, 1.54) is 25.7 Å². The third-order valence-electron chi connectivity index (χ3n) is 7.34. The summed E-state index contributed by atoms with van der Waals surface area (Å²) in [6.45, 7) is 10.3. The molecule has 1 aliphatic carbocycles. The first-order chi connectivity index (χ1) is 16.0. The molecule has 4 atom stereocenters. The van der Waals surface area contributed by atoms with Crippen LogP contribution in [0.15, 0.2) is 46.9 Å². The SMILES string of the molecule is CC(C)[C@@H]1CC[C@@H](C)C[C@H]1C(=O)O.COC(=O)C1=C(C)N2C(C)=C2[C@H]1c1cccc([N+](=O)[O-])c1. The van der Waals surface area contributed by atoms with E-state index in [-0.39, 0.29) is 17.5 Å². The summed E-state index contributed by atoms with van der Waals surface area (Å²) in [7, 11) is 1.34. The van der Waals surface area contributed by atoms with Crippen LogP contribution in [0.5, 0.6) is 0 Å². The van der Waals surface area contributed by atoms with Crippen molar-refractivity contribution < 1.29 is 24.4 Å². The quantitative estimate of drug-likeness (QED) is 0.345. The molecule has 1 saturated carbocycles. The fraction of sp³-hybridized carbons (Fsp3) is 0.538. The van der Waals surface area contributed by atoms with Crippen molar-refractivity contribution in [1.82, 2.24) is 4.90 Å². The Hall–Kier alpha value is -3.16. The van der Waals surface area contributed by atoms with Crippen LogP contribution in [0.2, 0.25) is 0 Å². The molecule has 184 valence electrons. The first-order valence-electron chi connectivity index (χ1n) is 11.8. The number of aliphatic carboxylic acids is 1. The lowest BCUT2D eigenvalue weighted by Crippen LogP contribution is -2.33. The highest BCUT2D eigenvalue weighted by molar-refractivity contribution is 5.94. The number of carbonyl (C=O) groups excluding carboxylic acids is 1. The first-order valence-corrected chi connectivity index (χ1v) is 11.8. The van der Waals surface area contributed by atoms with Crippen LogP contribution in [-0.4, -0.2) is 34.0 Å². The zero-order valence-corrected chi connectivity index (χ0v) is 20.7. The maximum atomic E-state index is 12.0. The maximum absolute atomic E-state index is 12.0. The highest BCUT2D eigenvalue weighted by Crippen LogP contribution is 2.56.